The Labute approximate surface area is 102 Å². The maximum Gasteiger partial charge on any atom is 0.318 e. The summed E-state index contributed by atoms with van der Waals surface area (Å²) < 4.78 is 4.83. The maximum atomic E-state index is 11.4. The molecule has 6 nitrogen and oxygen atoms in total. The normalized spacial score (nSPS) is 11.6. The predicted octanol–water partition coefficient (Wildman–Crippen LogP) is 0.417. The van der Waals surface area contributed by atoms with Gasteiger partial charge in [-0.3, -0.25) is 14.9 Å². The number of ether oxygens (including phenoxy) is 1. The Morgan fingerprint density at radius 2 is 2.24 bits per heavy atom. The Morgan fingerprint density at radius 3 is 2.76 bits per heavy atom. The van der Waals surface area contributed by atoms with E-state index in [1.165, 1.54) is 18.3 Å². The minimum atomic E-state index is -1.05. The fraction of sp³-hybridized carbons (Fsp3) is 0.300. The zero-order valence-electron chi connectivity index (χ0n) is 9.14. The summed E-state index contributed by atoms with van der Waals surface area (Å²) >= 11 is 1.47. The van der Waals surface area contributed by atoms with E-state index in [2.05, 4.69) is 0 Å². The Morgan fingerprint density at radius 1 is 1.53 bits per heavy atom. The summed E-state index contributed by atoms with van der Waals surface area (Å²) in [4.78, 5) is 33.0. The van der Waals surface area contributed by atoms with Crippen LogP contribution in [0.1, 0.15) is 12.5 Å². The van der Waals surface area contributed by atoms with Gasteiger partial charge in [-0.05, 0) is 29.3 Å². The number of carbonyl (C=O) groups is 3. The fourth-order valence-corrected chi connectivity index (χ4v) is 1.74. The van der Waals surface area contributed by atoms with Gasteiger partial charge in [0, 0.05) is 0 Å². The van der Waals surface area contributed by atoms with Crippen LogP contribution in [0.3, 0.4) is 0 Å². The van der Waals surface area contributed by atoms with Gasteiger partial charge in [0.2, 0.25) is 0 Å². The smallest absolute Gasteiger partial charge is 0.318 e. The number of nitrogens with one attached hydrogen (secondary N) is 1. The number of hydrogen-bond acceptors (Lipinski definition) is 5. The number of rotatable bonds is 4. The van der Waals surface area contributed by atoms with E-state index in [0.717, 1.165) is 5.56 Å². The highest BCUT2D eigenvalue weighted by molar-refractivity contribution is 7.07. The Kier molecular flexibility index (Phi) is 4.65. The molecule has 0 bridgehead atoms. The molecule has 7 heteroatoms. The minimum absolute atomic E-state index is 0.0949. The Hall–Kier alpha value is -1.89. The molecule has 3 amide bonds. The standard InChI is InChI=1S/C10H12N2O4S/c1-6(9(14)12-10(11)15)16-8(13)4-7-2-3-17-5-7/h2-3,5-6H,4H2,1H3,(H3,11,12,14,15)/t6-/m1/s1. The zero-order valence-corrected chi connectivity index (χ0v) is 9.95. The number of esters is 1. The quantitative estimate of drug-likeness (QED) is 0.762. The first-order chi connectivity index (χ1) is 7.99. The van der Waals surface area contributed by atoms with Gasteiger partial charge >= 0.3 is 12.0 Å². The molecule has 0 aromatic carbocycles. The average Bonchev–Trinajstić information content (AvgIpc) is 2.68. The second-order valence-electron chi connectivity index (χ2n) is 3.29. The molecule has 17 heavy (non-hydrogen) atoms. The monoisotopic (exact) mass is 256 g/mol. The van der Waals surface area contributed by atoms with Crippen LogP contribution in [0.15, 0.2) is 16.8 Å². The molecular formula is C10H12N2O4S. The van der Waals surface area contributed by atoms with Gasteiger partial charge in [-0.2, -0.15) is 11.3 Å². The van der Waals surface area contributed by atoms with E-state index in [1.54, 1.807) is 6.07 Å². The number of hydrogen-bond donors (Lipinski definition) is 2. The van der Waals surface area contributed by atoms with Crippen LogP contribution in [0.25, 0.3) is 0 Å². The lowest BCUT2D eigenvalue weighted by atomic mass is 10.2. The highest BCUT2D eigenvalue weighted by Crippen LogP contribution is 2.08. The van der Waals surface area contributed by atoms with Gasteiger partial charge in [0.05, 0.1) is 6.42 Å². The topological polar surface area (TPSA) is 98.5 Å². The number of thiophene rings is 1. The van der Waals surface area contributed by atoms with Crippen LogP contribution in [0.4, 0.5) is 4.79 Å². The van der Waals surface area contributed by atoms with Crippen molar-refractivity contribution < 1.29 is 19.1 Å². The number of carbonyl (C=O) groups excluding carboxylic acids is 3. The molecule has 1 heterocycles. The highest BCUT2D eigenvalue weighted by atomic mass is 32.1. The molecule has 1 aromatic rings. The number of amides is 3. The lowest BCUT2D eigenvalue weighted by Gasteiger charge is -2.11. The summed E-state index contributed by atoms with van der Waals surface area (Å²) in [5.41, 5.74) is 5.58. The molecule has 0 aliphatic heterocycles. The first kappa shape index (κ1) is 13.2. The van der Waals surface area contributed by atoms with Gasteiger partial charge < -0.3 is 10.5 Å². The first-order valence-electron chi connectivity index (χ1n) is 4.80. The van der Waals surface area contributed by atoms with E-state index in [-0.39, 0.29) is 6.42 Å². The van der Waals surface area contributed by atoms with Crippen molar-refractivity contribution in [2.45, 2.75) is 19.4 Å². The molecule has 0 aliphatic rings. The predicted molar refractivity (Wildman–Crippen MR) is 61.3 cm³/mol. The van der Waals surface area contributed by atoms with Crippen molar-refractivity contribution in [1.29, 1.82) is 0 Å². The van der Waals surface area contributed by atoms with Crippen molar-refractivity contribution in [3.05, 3.63) is 22.4 Å². The molecule has 1 aromatic heterocycles. The molecule has 1 rings (SSSR count). The Bertz CT molecular complexity index is 416. The van der Waals surface area contributed by atoms with Crippen LogP contribution >= 0.6 is 11.3 Å². The molecule has 92 valence electrons. The Balaban J connectivity index is 2.40. The number of urea groups is 1. The van der Waals surface area contributed by atoms with Crippen LogP contribution in [0.5, 0.6) is 0 Å². The summed E-state index contributed by atoms with van der Waals surface area (Å²) in [6.45, 7) is 1.36. The molecule has 1 atom stereocenters. The van der Waals surface area contributed by atoms with Crippen LogP contribution in [-0.4, -0.2) is 24.0 Å². The van der Waals surface area contributed by atoms with Crippen molar-refractivity contribution in [3.8, 4) is 0 Å². The SMILES string of the molecule is C[C@@H](OC(=O)Cc1ccsc1)C(=O)NC(N)=O. The average molecular weight is 256 g/mol. The summed E-state index contributed by atoms with van der Waals surface area (Å²) in [7, 11) is 0. The molecule has 0 aliphatic carbocycles. The van der Waals surface area contributed by atoms with Gasteiger partial charge in [0.25, 0.3) is 5.91 Å². The summed E-state index contributed by atoms with van der Waals surface area (Å²) in [5.74, 6) is -1.27. The van der Waals surface area contributed by atoms with E-state index in [1.807, 2.05) is 16.1 Å². The van der Waals surface area contributed by atoms with Crippen molar-refractivity contribution in [2.75, 3.05) is 0 Å². The maximum absolute atomic E-state index is 11.4. The lowest BCUT2D eigenvalue weighted by Crippen LogP contribution is -2.42. The van der Waals surface area contributed by atoms with Gasteiger partial charge in [0.1, 0.15) is 0 Å². The summed E-state index contributed by atoms with van der Waals surface area (Å²) in [5, 5.41) is 5.49. The third-order valence-corrected chi connectivity index (χ3v) is 2.58. The van der Waals surface area contributed by atoms with Crippen molar-refractivity contribution in [1.82, 2.24) is 5.32 Å². The fourth-order valence-electron chi connectivity index (χ4n) is 1.08. The highest BCUT2D eigenvalue weighted by Gasteiger charge is 2.18. The van der Waals surface area contributed by atoms with Crippen LogP contribution < -0.4 is 11.1 Å². The zero-order chi connectivity index (χ0) is 12.8. The van der Waals surface area contributed by atoms with E-state index in [4.69, 9.17) is 10.5 Å². The molecule has 0 unspecified atom stereocenters. The van der Waals surface area contributed by atoms with Crippen molar-refractivity contribution in [2.24, 2.45) is 5.73 Å². The second-order valence-corrected chi connectivity index (χ2v) is 4.07. The largest absolute Gasteiger partial charge is 0.452 e. The number of imide groups is 1. The van der Waals surface area contributed by atoms with Crippen molar-refractivity contribution >= 4 is 29.2 Å². The third-order valence-electron chi connectivity index (χ3n) is 1.85. The molecular weight excluding hydrogens is 244 g/mol. The van der Waals surface area contributed by atoms with Crippen LogP contribution in [0.2, 0.25) is 0 Å². The van der Waals surface area contributed by atoms with E-state index >= 15 is 0 Å². The van der Waals surface area contributed by atoms with Crippen LogP contribution in [-0.2, 0) is 20.7 Å². The van der Waals surface area contributed by atoms with E-state index in [9.17, 15) is 14.4 Å². The first-order valence-corrected chi connectivity index (χ1v) is 5.74. The summed E-state index contributed by atoms with van der Waals surface area (Å²) in [6.07, 6.45) is -0.953. The minimum Gasteiger partial charge on any atom is -0.452 e. The molecule has 0 spiro atoms. The number of primary amides is 1. The van der Waals surface area contributed by atoms with Gasteiger partial charge in [-0.25, -0.2) is 4.79 Å². The molecule has 0 saturated carbocycles. The number of nitrogens with two attached hydrogens (primary N) is 1. The lowest BCUT2D eigenvalue weighted by molar-refractivity contribution is -0.153. The summed E-state index contributed by atoms with van der Waals surface area (Å²) in [6, 6.07) is 0.816. The van der Waals surface area contributed by atoms with Crippen LogP contribution in [0, 0.1) is 0 Å². The molecule has 0 saturated heterocycles. The van der Waals surface area contributed by atoms with E-state index < -0.39 is 24.0 Å². The third kappa shape index (κ3) is 4.64. The van der Waals surface area contributed by atoms with Gasteiger partial charge in [-0.1, -0.05) is 0 Å². The van der Waals surface area contributed by atoms with Gasteiger partial charge in [-0.15, -0.1) is 0 Å². The van der Waals surface area contributed by atoms with Crippen molar-refractivity contribution in [3.63, 3.8) is 0 Å². The molecule has 0 fully saturated rings. The molecule has 0 radical (unpaired) electrons. The van der Waals surface area contributed by atoms with Gasteiger partial charge in [0.15, 0.2) is 6.10 Å². The molecule has 3 N–H and O–H groups in total. The second kappa shape index (κ2) is 6.00. The van der Waals surface area contributed by atoms with E-state index in [0.29, 0.717) is 0 Å².